The van der Waals surface area contributed by atoms with Crippen molar-refractivity contribution in [2.75, 3.05) is 0 Å². The highest BCUT2D eigenvalue weighted by Gasteiger charge is 2.04. The topological polar surface area (TPSA) is 63.6 Å². The van der Waals surface area contributed by atoms with Crippen LogP contribution in [0.1, 0.15) is 321 Å². The van der Waals surface area contributed by atoms with Gasteiger partial charge in [-0.1, -0.05) is 314 Å². The molecule has 0 unspecified atom stereocenters. The summed E-state index contributed by atoms with van der Waals surface area (Å²) < 4.78 is 5.36. The summed E-state index contributed by atoms with van der Waals surface area (Å²) in [6.45, 7) is 0. The fraction of sp³-hybridized carbons (Fsp3) is 0.862. The molecule has 1 aromatic carbocycles. The molecule has 0 bridgehead atoms. The number of para-hydroxylation sites is 1. The molecule has 0 fully saturated rings. The van der Waals surface area contributed by atoms with E-state index in [4.69, 9.17) is 9.84 Å². The minimum Gasteiger partial charge on any atom is -0.481 e. The maximum atomic E-state index is 11.9. The Labute approximate surface area is 387 Å². The lowest BCUT2D eigenvalue weighted by Crippen LogP contribution is -2.07. The highest BCUT2D eigenvalue weighted by Crippen LogP contribution is 2.19. The maximum Gasteiger partial charge on any atom is 0.311 e. The van der Waals surface area contributed by atoms with E-state index in [0.29, 0.717) is 18.6 Å². The number of carboxylic acids is 1. The maximum absolute atomic E-state index is 11.9. The van der Waals surface area contributed by atoms with Crippen molar-refractivity contribution in [2.45, 2.75) is 321 Å². The Morgan fingerprint density at radius 3 is 0.645 bits per heavy atom. The quantitative estimate of drug-likeness (QED) is 0.0402. The van der Waals surface area contributed by atoms with Crippen molar-refractivity contribution in [3.8, 4) is 5.75 Å². The zero-order chi connectivity index (χ0) is 44.3. The van der Waals surface area contributed by atoms with Crippen LogP contribution < -0.4 is 4.74 Å². The molecule has 0 saturated heterocycles. The number of rotatable bonds is 52. The lowest BCUT2D eigenvalue weighted by Gasteiger charge is -2.05. The summed E-state index contributed by atoms with van der Waals surface area (Å²) in [4.78, 5) is 22.4. The van der Waals surface area contributed by atoms with Crippen LogP contribution in [0.2, 0.25) is 0 Å². The second kappa shape index (κ2) is 50.2. The second-order valence-corrected chi connectivity index (χ2v) is 19.7. The molecule has 1 N–H and O–H groups in total. The van der Waals surface area contributed by atoms with Gasteiger partial charge in [0.05, 0.1) is 0 Å². The van der Waals surface area contributed by atoms with E-state index in [1.807, 2.05) is 30.3 Å². The predicted octanol–water partition coefficient (Wildman–Crippen LogP) is 20.2. The number of benzene rings is 1. The first kappa shape index (κ1) is 58.2. The van der Waals surface area contributed by atoms with E-state index in [0.717, 1.165) is 25.7 Å². The van der Waals surface area contributed by atoms with Crippen LogP contribution >= 0.6 is 0 Å². The average molecular weight is 867 g/mol. The Morgan fingerprint density at radius 2 is 0.452 bits per heavy atom. The van der Waals surface area contributed by atoms with E-state index in [9.17, 15) is 9.59 Å². The van der Waals surface area contributed by atoms with Crippen LogP contribution in [-0.4, -0.2) is 17.0 Å². The number of carbonyl (C=O) groups excluding carboxylic acids is 1. The lowest BCUT2D eigenvalue weighted by molar-refractivity contribution is -0.137. The smallest absolute Gasteiger partial charge is 0.311 e. The van der Waals surface area contributed by atoms with Crippen molar-refractivity contribution >= 4 is 11.9 Å². The largest absolute Gasteiger partial charge is 0.481 e. The van der Waals surface area contributed by atoms with Crippen LogP contribution in [0.5, 0.6) is 5.75 Å². The fourth-order valence-corrected chi connectivity index (χ4v) is 9.35. The van der Waals surface area contributed by atoms with Crippen molar-refractivity contribution < 1.29 is 19.4 Å². The molecule has 4 heteroatoms. The van der Waals surface area contributed by atoms with Crippen molar-refractivity contribution in [1.82, 2.24) is 0 Å². The molecule has 0 amide bonds. The van der Waals surface area contributed by atoms with Crippen LogP contribution in [0.4, 0.5) is 0 Å². The summed E-state index contributed by atoms with van der Waals surface area (Å²) in [7, 11) is 0. The number of unbranched alkanes of at least 4 members (excludes halogenated alkanes) is 47. The number of esters is 1. The molecule has 0 radical (unpaired) electrons. The molecule has 0 aliphatic heterocycles. The summed E-state index contributed by atoms with van der Waals surface area (Å²) in [6.07, 6.45) is 67.7. The summed E-state index contributed by atoms with van der Waals surface area (Å²) in [5.74, 6) is -0.0962. The van der Waals surface area contributed by atoms with Gasteiger partial charge in [-0.2, -0.15) is 0 Å². The lowest BCUT2D eigenvalue weighted by atomic mass is 10.0. The van der Waals surface area contributed by atoms with Gasteiger partial charge in [-0.3, -0.25) is 9.59 Å². The van der Waals surface area contributed by atoms with E-state index in [1.165, 1.54) is 283 Å². The van der Waals surface area contributed by atoms with E-state index in [2.05, 4.69) is 0 Å². The van der Waals surface area contributed by atoms with E-state index in [-0.39, 0.29) is 5.97 Å². The van der Waals surface area contributed by atoms with Gasteiger partial charge >= 0.3 is 11.9 Å². The van der Waals surface area contributed by atoms with Crippen LogP contribution in [0.15, 0.2) is 30.3 Å². The molecule has 0 saturated carbocycles. The van der Waals surface area contributed by atoms with Gasteiger partial charge in [0, 0.05) is 12.8 Å². The molecular formula is C58H106O4. The number of carbonyl (C=O) groups is 2. The summed E-state index contributed by atoms with van der Waals surface area (Å²) in [5.41, 5.74) is 0. The summed E-state index contributed by atoms with van der Waals surface area (Å²) >= 11 is 0. The molecule has 0 spiro atoms. The van der Waals surface area contributed by atoms with Gasteiger partial charge in [0.15, 0.2) is 0 Å². The molecule has 0 aromatic heterocycles. The number of ether oxygens (including phenoxy) is 1. The van der Waals surface area contributed by atoms with Gasteiger partial charge in [-0.25, -0.2) is 0 Å². The van der Waals surface area contributed by atoms with Gasteiger partial charge in [0.25, 0.3) is 0 Å². The standard InChI is InChI=1S/C58H106O4/c59-57(60)54-50-45-43-41-39-37-35-33-31-29-27-25-23-21-19-17-15-13-11-9-7-5-3-1-2-4-6-8-10-12-14-16-18-20-22-24-26-28-30-32-34-36-38-40-42-44-46-51-55-58(61)62-56-52-48-47-49-53-56/h47-49,52-53H,1-46,50-51,54-55H2,(H,59,60). The van der Waals surface area contributed by atoms with E-state index in [1.54, 1.807) is 0 Å². The van der Waals surface area contributed by atoms with Gasteiger partial charge in [0.1, 0.15) is 5.75 Å². The van der Waals surface area contributed by atoms with Crippen LogP contribution in [0.25, 0.3) is 0 Å². The van der Waals surface area contributed by atoms with Gasteiger partial charge in [-0.15, -0.1) is 0 Å². The number of hydrogen-bond acceptors (Lipinski definition) is 3. The highest BCUT2D eigenvalue weighted by atomic mass is 16.5. The summed E-state index contributed by atoms with van der Waals surface area (Å²) in [6, 6.07) is 9.40. The minimum atomic E-state index is -0.649. The van der Waals surface area contributed by atoms with Crippen molar-refractivity contribution in [1.29, 1.82) is 0 Å². The fourth-order valence-electron chi connectivity index (χ4n) is 9.35. The molecule has 362 valence electrons. The first-order valence-corrected chi connectivity index (χ1v) is 28.2. The number of carboxylic acid groups (broad SMARTS) is 1. The monoisotopic (exact) mass is 867 g/mol. The van der Waals surface area contributed by atoms with Crippen LogP contribution in [0.3, 0.4) is 0 Å². The Bertz CT molecular complexity index is 1020. The molecule has 0 aliphatic rings. The minimum absolute atomic E-state index is 0.102. The van der Waals surface area contributed by atoms with Gasteiger partial charge in [-0.05, 0) is 25.0 Å². The normalized spacial score (nSPS) is 11.4. The third-order valence-corrected chi connectivity index (χ3v) is 13.5. The first-order valence-electron chi connectivity index (χ1n) is 28.2. The summed E-state index contributed by atoms with van der Waals surface area (Å²) in [5, 5.41) is 8.67. The SMILES string of the molecule is O=C(O)CCCCCCCCCCCCCCCCCCCCCCCCCCCCCCCCCCCCCCCCCCCCCCCCCCC(=O)Oc1ccccc1. The van der Waals surface area contributed by atoms with Crippen molar-refractivity contribution in [3.05, 3.63) is 30.3 Å². The molecule has 1 rings (SSSR count). The number of hydrogen-bond donors (Lipinski definition) is 1. The van der Waals surface area contributed by atoms with E-state index < -0.39 is 5.97 Å². The molecular weight excluding hydrogens is 761 g/mol. The molecule has 0 atom stereocenters. The van der Waals surface area contributed by atoms with Crippen LogP contribution in [0, 0.1) is 0 Å². The third kappa shape index (κ3) is 47.6. The Kier molecular flexibility index (Phi) is 47.1. The van der Waals surface area contributed by atoms with E-state index >= 15 is 0 Å². The highest BCUT2D eigenvalue weighted by molar-refractivity contribution is 5.72. The predicted molar refractivity (Wildman–Crippen MR) is 271 cm³/mol. The van der Waals surface area contributed by atoms with Crippen molar-refractivity contribution in [2.24, 2.45) is 0 Å². The van der Waals surface area contributed by atoms with Crippen LogP contribution in [-0.2, 0) is 9.59 Å². The molecule has 62 heavy (non-hydrogen) atoms. The average Bonchev–Trinajstić information content (AvgIpc) is 3.27. The van der Waals surface area contributed by atoms with Crippen molar-refractivity contribution in [3.63, 3.8) is 0 Å². The third-order valence-electron chi connectivity index (χ3n) is 13.5. The van der Waals surface area contributed by atoms with Gasteiger partial charge in [0.2, 0.25) is 0 Å². The number of aliphatic carboxylic acids is 1. The van der Waals surface area contributed by atoms with Gasteiger partial charge < -0.3 is 9.84 Å². The first-order chi connectivity index (χ1) is 30.7. The molecule has 0 heterocycles. The second-order valence-electron chi connectivity index (χ2n) is 19.7. The molecule has 0 aliphatic carbocycles. The Balaban J connectivity index is 1.61. The zero-order valence-corrected chi connectivity index (χ0v) is 41.4. The Morgan fingerprint density at radius 1 is 0.274 bits per heavy atom. The molecule has 4 nitrogen and oxygen atoms in total. The Hall–Kier alpha value is -1.84. The zero-order valence-electron chi connectivity index (χ0n) is 41.4. The molecule has 1 aromatic rings.